The molecule has 0 radical (unpaired) electrons. The molecular formula is C17H33N3O. The van der Waals surface area contributed by atoms with Gasteiger partial charge >= 0.3 is 0 Å². The standard InChI is InChI=1S/C17H33N3O/c1-17(2,3)7-8-19-9-11-20(12-10-19)16(21)14-5-4-6-15(18)13-14/h14-15H,4-13,18H2,1-3H3. The minimum absolute atomic E-state index is 0.190. The van der Waals surface area contributed by atoms with Crippen molar-refractivity contribution in [2.75, 3.05) is 32.7 Å². The van der Waals surface area contributed by atoms with E-state index < -0.39 is 0 Å². The van der Waals surface area contributed by atoms with Crippen molar-refractivity contribution < 1.29 is 4.79 Å². The second-order valence-corrected chi connectivity index (χ2v) is 8.10. The SMILES string of the molecule is CC(C)(C)CCN1CCN(C(=O)C2CCCC(N)C2)CC1. The van der Waals surface area contributed by atoms with Crippen molar-refractivity contribution in [1.82, 2.24) is 9.80 Å². The van der Waals surface area contributed by atoms with E-state index in [0.29, 0.717) is 11.3 Å². The zero-order valence-corrected chi connectivity index (χ0v) is 14.1. The Morgan fingerprint density at radius 3 is 2.38 bits per heavy atom. The first-order valence-corrected chi connectivity index (χ1v) is 8.62. The van der Waals surface area contributed by atoms with Gasteiger partial charge in [0, 0.05) is 38.1 Å². The molecule has 0 aromatic heterocycles. The monoisotopic (exact) mass is 295 g/mol. The van der Waals surface area contributed by atoms with E-state index in [1.807, 2.05) is 0 Å². The molecule has 2 atom stereocenters. The fraction of sp³-hybridized carbons (Fsp3) is 0.941. The van der Waals surface area contributed by atoms with E-state index in [9.17, 15) is 4.79 Å². The highest BCUT2D eigenvalue weighted by Crippen LogP contribution is 2.25. The zero-order chi connectivity index (χ0) is 15.5. The Balaban J connectivity index is 1.74. The Morgan fingerprint density at radius 2 is 1.81 bits per heavy atom. The maximum atomic E-state index is 12.6. The normalized spacial score (nSPS) is 28.7. The van der Waals surface area contributed by atoms with Gasteiger partial charge in [0.05, 0.1) is 0 Å². The lowest BCUT2D eigenvalue weighted by Gasteiger charge is -2.38. The number of nitrogens with two attached hydrogens (primary N) is 1. The van der Waals surface area contributed by atoms with Gasteiger partial charge < -0.3 is 10.6 Å². The summed E-state index contributed by atoms with van der Waals surface area (Å²) < 4.78 is 0. The summed E-state index contributed by atoms with van der Waals surface area (Å²) in [6, 6.07) is 0.237. The molecule has 4 heteroatoms. The van der Waals surface area contributed by atoms with E-state index in [1.165, 1.54) is 6.42 Å². The van der Waals surface area contributed by atoms with E-state index in [1.54, 1.807) is 0 Å². The summed E-state index contributed by atoms with van der Waals surface area (Å²) in [6.45, 7) is 11.9. The zero-order valence-electron chi connectivity index (χ0n) is 14.1. The third kappa shape index (κ3) is 5.26. The van der Waals surface area contributed by atoms with Gasteiger partial charge in [0.1, 0.15) is 0 Å². The van der Waals surface area contributed by atoms with Crippen LogP contribution in [0.25, 0.3) is 0 Å². The minimum Gasteiger partial charge on any atom is -0.340 e. The Kier molecular flexibility index (Phi) is 5.67. The Morgan fingerprint density at radius 1 is 1.14 bits per heavy atom. The van der Waals surface area contributed by atoms with Gasteiger partial charge in [0.2, 0.25) is 5.91 Å². The molecule has 1 heterocycles. The molecule has 1 saturated heterocycles. The highest BCUT2D eigenvalue weighted by Gasteiger charge is 2.30. The molecule has 0 bridgehead atoms. The van der Waals surface area contributed by atoms with Gasteiger partial charge in [-0.25, -0.2) is 0 Å². The average molecular weight is 295 g/mol. The van der Waals surface area contributed by atoms with Gasteiger partial charge in [-0.15, -0.1) is 0 Å². The highest BCUT2D eigenvalue weighted by atomic mass is 16.2. The molecule has 0 aromatic rings. The molecule has 2 rings (SSSR count). The number of amides is 1. The second kappa shape index (κ2) is 7.10. The number of carbonyl (C=O) groups is 1. The first kappa shape index (κ1) is 16.8. The van der Waals surface area contributed by atoms with Crippen LogP contribution in [0, 0.1) is 11.3 Å². The minimum atomic E-state index is 0.190. The van der Waals surface area contributed by atoms with E-state index in [2.05, 4.69) is 30.6 Å². The summed E-state index contributed by atoms with van der Waals surface area (Å²) in [4.78, 5) is 17.2. The Labute approximate surface area is 130 Å². The maximum Gasteiger partial charge on any atom is 0.225 e. The first-order valence-electron chi connectivity index (χ1n) is 8.62. The molecule has 1 saturated carbocycles. The molecule has 2 aliphatic rings. The van der Waals surface area contributed by atoms with Crippen molar-refractivity contribution in [3.05, 3.63) is 0 Å². The molecule has 1 amide bonds. The van der Waals surface area contributed by atoms with Crippen LogP contribution in [-0.4, -0.2) is 54.5 Å². The number of carbonyl (C=O) groups excluding carboxylic acids is 1. The third-order valence-electron chi connectivity index (χ3n) is 4.93. The largest absolute Gasteiger partial charge is 0.340 e. The van der Waals surface area contributed by atoms with Crippen LogP contribution >= 0.6 is 0 Å². The number of nitrogens with zero attached hydrogens (tertiary/aromatic N) is 2. The summed E-state index contributed by atoms with van der Waals surface area (Å²) in [7, 11) is 0. The molecule has 2 N–H and O–H groups in total. The van der Waals surface area contributed by atoms with Gasteiger partial charge in [0.25, 0.3) is 0 Å². The van der Waals surface area contributed by atoms with Crippen LogP contribution in [-0.2, 0) is 4.79 Å². The number of rotatable bonds is 3. The van der Waals surface area contributed by atoms with E-state index >= 15 is 0 Å². The summed E-state index contributed by atoms with van der Waals surface area (Å²) in [5.74, 6) is 0.551. The van der Waals surface area contributed by atoms with Crippen LogP contribution in [0.5, 0.6) is 0 Å². The van der Waals surface area contributed by atoms with Crippen molar-refractivity contribution in [2.24, 2.45) is 17.1 Å². The van der Waals surface area contributed by atoms with E-state index in [-0.39, 0.29) is 12.0 Å². The molecule has 21 heavy (non-hydrogen) atoms. The smallest absolute Gasteiger partial charge is 0.225 e. The molecule has 1 aliphatic carbocycles. The molecule has 0 aromatic carbocycles. The van der Waals surface area contributed by atoms with Crippen molar-refractivity contribution in [2.45, 2.75) is 58.9 Å². The van der Waals surface area contributed by atoms with Gasteiger partial charge in [-0.05, 0) is 37.6 Å². The summed E-state index contributed by atoms with van der Waals surface area (Å²) in [5.41, 5.74) is 6.41. The molecular weight excluding hydrogens is 262 g/mol. The van der Waals surface area contributed by atoms with E-state index in [4.69, 9.17) is 5.73 Å². The average Bonchev–Trinajstić information content (AvgIpc) is 2.44. The topological polar surface area (TPSA) is 49.6 Å². The fourth-order valence-electron chi connectivity index (χ4n) is 3.40. The van der Waals surface area contributed by atoms with Crippen molar-refractivity contribution in [3.8, 4) is 0 Å². The van der Waals surface area contributed by atoms with Crippen LogP contribution in [0.2, 0.25) is 0 Å². The predicted molar refractivity (Wildman–Crippen MR) is 87.0 cm³/mol. The molecule has 2 unspecified atom stereocenters. The van der Waals surface area contributed by atoms with Gasteiger partial charge in [-0.2, -0.15) is 0 Å². The lowest BCUT2D eigenvalue weighted by atomic mass is 9.85. The molecule has 0 spiro atoms. The number of hydrogen-bond acceptors (Lipinski definition) is 3. The Hall–Kier alpha value is -0.610. The predicted octanol–water partition coefficient (Wildman–Crippen LogP) is 2.08. The molecule has 2 fully saturated rings. The van der Waals surface area contributed by atoms with Crippen LogP contribution in [0.1, 0.15) is 52.9 Å². The number of hydrogen-bond donors (Lipinski definition) is 1. The lowest BCUT2D eigenvalue weighted by molar-refractivity contribution is -0.138. The third-order valence-corrected chi connectivity index (χ3v) is 4.93. The maximum absolute atomic E-state index is 12.6. The molecule has 4 nitrogen and oxygen atoms in total. The second-order valence-electron chi connectivity index (χ2n) is 8.10. The number of piperazine rings is 1. The first-order chi connectivity index (χ1) is 9.85. The fourth-order valence-corrected chi connectivity index (χ4v) is 3.40. The summed E-state index contributed by atoms with van der Waals surface area (Å²) >= 11 is 0. The molecule has 1 aliphatic heterocycles. The highest BCUT2D eigenvalue weighted by molar-refractivity contribution is 5.79. The Bertz CT molecular complexity index is 342. The van der Waals surface area contributed by atoms with Crippen LogP contribution in [0.3, 0.4) is 0 Å². The van der Waals surface area contributed by atoms with Crippen LogP contribution in [0.15, 0.2) is 0 Å². The van der Waals surface area contributed by atoms with Crippen molar-refractivity contribution >= 4 is 5.91 Å². The summed E-state index contributed by atoms with van der Waals surface area (Å²) in [5, 5.41) is 0. The lowest BCUT2D eigenvalue weighted by Crippen LogP contribution is -2.51. The summed E-state index contributed by atoms with van der Waals surface area (Å²) in [6.07, 6.45) is 5.35. The van der Waals surface area contributed by atoms with Crippen molar-refractivity contribution in [3.63, 3.8) is 0 Å². The van der Waals surface area contributed by atoms with Gasteiger partial charge in [-0.3, -0.25) is 9.69 Å². The van der Waals surface area contributed by atoms with Crippen molar-refractivity contribution in [1.29, 1.82) is 0 Å². The quantitative estimate of drug-likeness (QED) is 0.867. The van der Waals surface area contributed by atoms with Gasteiger partial charge in [0.15, 0.2) is 0 Å². The van der Waals surface area contributed by atoms with E-state index in [0.717, 1.165) is 58.4 Å². The molecule has 122 valence electrons. The van der Waals surface area contributed by atoms with Crippen LogP contribution < -0.4 is 5.73 Å². The van der Waals surface area contributed by atoms with Gasteiger partial charge in [-0.1, -0.05) is 27.2 Å². The van der Waals surface area contributed by atoms with Crippen LogP contribution in [0.4, 0.5) is 0 Å².